The van der Waals surface area contributed by atoms with Crippen LogP contribution in [0.1, 0.15) is 29.8 Å². The van der Waals surface area contributed by atoms with Crippen LogP contribution in [0.3, 0.4) is 0 Å². The molecule has 3 N–H and O–H groups in total. The summed E-state index contributed by atoms with van der Waals surface area (Å²) in [6.45, 7) is 2.71. The summed E-state index contributed by atoms with van der Waals surface area (Å²) in [5, 5.41) is 30.6. The molecule has 3 aromatic rings. The van der Waals surface area contributed by atoms with Crippen molar-refractivity contribution >= 4 is 22.4 Å². The Bertz CT molecular complexity index is 1190. The molecule has 0 aliphatic carbocycles. The second kappa shape index (κ2) is 8.64. The molecule has 176 valence electrons. The third kappa shape index (κ3) is 4.13. The lowest BCUT2D eigenvalue weighted by Gasteiger charge is -2.38. The summed E-state index contributed by atoms with van der Waals surface area (Å²) in [4.78, 5) is 6.45. The molecule has 1 atom stereocenters. The van der Waals surface area contributed by atoms with Crippen molar-refractivity contribution in [3.05, 3.63) is 46.9 Å². The summed E-state index contributed by atoms with van der Waals surface area (Å²) in [5.41, 5.74) is 0.841. The Hall–Kier alpha value is -3.18. The van der Waals surface area contributed by atoms with Crippen molar-refractivity contribution in [3.8, 4) is 5.88 Å². The zero-order valence-electron chi connectivity index (χ0n) is 18.3. The van der Waals surface area contributed by atoms with Crippen LogP contribution in [0.4, 0.5) is 24.7 Å². The van der Waals surface area contributed by atoms with Crippen molar-refractivity contribution < 1.29 is 28.1 Å². The van der Waals surface area contributed by atoms with Crippen LogP contribution in [-0.4, -0.2) is 58.3 Å². The number of β-amino-alcohol motifs (C(OH)–C–C–N with tert-alkyl or cyclic N) is 1. The Morgan fingerprint density at radius 1 is 1.30 bits per heavy atom. The number of pyridine rings is 1. The van der Waals surface area contributed by atoms with Crippen LogP contribution in [-0.2, 0) is 5.92 Å². The second-order valence-corrected chi connectivity index (χ2v) is 8.04. The number of aromatic nitrogens is 3. The van der Waals surface area contributed by atoms with Crippen LogP contribution in [0, 0.1) is 12.7 Å². The van der Waals surface area contributed by atoms with Gasteiger partial charge in [0.2, 0.25) is 5.88 Å². The van der Waals surface area contributed by atoms with Crippen LogP contribution in [0.5, 0.6) is 5.88 Å². The van der Waals surface area contributed by atoms with Gasteiger partial charge in [0, 0.05) is 24.0 Å². The van der Waals surface area contributed by atoms with Crippen molar-refractivity contribution in [1.82, 2.24) is 15.2 Å². The Balaban J connectivity index is 1.74. The van der Waals surface area contributed by atoms with Crippen molar-refractivity contribution in [2.75, 3.05) is 37.0 Å². The van der Waals surface area contributed by atoms with E-state index in [-0.39, 0.29) is 5.56 Å². The number of hydrogen-bond acceptors (Lipinski definition) is 8. The first-order chi connectivity index (χ1) is 15.7. The zero-order valence-corrected chi connectivity index (χ0v) is 18.3. The molecule has 1 aromatic carbocycles. The van der Waals surface area contributed by atoms with Gasteiger partial charge < -0.3 is 25.2 Å². The topological polar surface area (TPSA) is 104 Å². The smallest absolute Gasteiger partial charge is 0.298 e. The highest BCUT2D eigenvalue weighted by Gasteiger charge is 2.35. The first kappa shape index (κ1) is 23.0. The lowest BCUT2D eigenvalue weighted by atomic mass is 10.00. The fourth-order valence-electron chi connectivity index (χ4n) is 3.84. The number of alkyl halides is 2. The van der Waals surface area contributed by atoms with Gasteiger partial charge in [0.15, 0.2) is 5.82 Å². The van der Waals surface area contributed by atoms with Crippen molar-refractivity contribution in [1.29, 1.82) is 0 Å². The Morgan fingerprint density at radius 3 is 2.67 bits per heavy atom. The number of ether oxygens (including phenoxy) is 1. The molecule has 4 rings (SSSR count). The van der Waals surface area contributed by atoms with E-state index in [1.807, 2.05) is 4.90 Å². The van der Waals surface area contributed by atoms with E-state index in [9.17, 15) is 18.3 Å². The number of aliphatic hydroxyl groups is 2. The molecule has 0 bridgehead atoms. The van der Waals surface area contributed by atoms with Gasteiger partial charge in [0.25, 0.3) is 5.92 Å². The number of aliphatic hydroxyl groups excluding tert-OH is 2. The van der Waals surface area contributed by atoms with Crippen LogP contribution in [0.15, 0.2) is 24.3 Å². The molecule has 0 saturated carbocycles. The molecule has 1 fully saturated rings. The number of methoxy groups -OCH3 is 1. The van der Waals surface area contributed by atoms with Gasteiger partial charge in [-0.3, -0.25) is 0 Å². The lowest BCUT2D eigenvalue weighted by Crippen LogP contribution is -2.51. The summed E-state index contributed by atoms with van der Waals surface area (Å²) in [6, 6.07) is 4.70. The van der Waals surface area contributed by atoms with Gasteiger partial charge in [-0.25, -0.2) is 9.37 Å². The van der Waals surface area contributed by atoms with Gasteiger partial charge in [-0.15, -0.1) is 5.10 Å². The highest BCUT2D eigenvalue weighted by Crippen LogP contribution is 2.37. The van der Waals surface area contributed by atoms with Crippen LogP contribution in [0.25, 0.3) is 10.9 Å². The maximum atomic E-state index is 14.9. The quantitative estimate of drug-likeness (QED) is 0.492. The number of benzene rings is 1. The van der Waals surface area contributed by atoms with E-state index in [4.69, 9.17) is 9.84 Å². The van der Waals surface area contributed by atoms with Crippen LogP contribution >= 0.6 is 0 Å². The Morgan fingerprint density at radius 2 is 2.03 bits per heavy atom. The highest BCUT2D eigenvalue weighted by molar-refractivity contribution is 5.94. The van der Waals surface area contributed by atoms with E-state index in [1.165, 1.54) is 19.2 Å². The second-order valence-electron chi connectivity index (χ2n) is 8.04. The average molecular weight is 463 g/mol. The van der Waals surface area contributed by atoms with Crippen LogP contribution in [0.2, 0.25) is 0 Å². The summed E-state index contributed by atoms with van der Waals surface area (Å²) in [5.74, 6) is -4.14. The maximum absolute atomic E-state index is 14.9. The van der Waals surface area contributed by atoms with E-state index in [1.54, 1.807) is 19.9 Å². The fourth-order valence-corrected chi connectivity index (χ4v) is 3.84. The number of fused-ring (bicyclic) bond motifs is 1. The largest absolute Gasteiger partial charge is 0.480 e. The first-order valence-electron chi connectivity index (χ1n) is 10.4. The minimum absolute atomic E-state index is 0.0105. The summed E-state index contributed by atoms with van der Waals surface area (Å²) >= 11 is 0. The number of hydrogen-bond donors (Lipinski definition) is 3. The van der Waals surface area contributed by atoms with Crippen molar-refractivity contribution in [2.45, 2.75) is 31.9 Å². The molecule has 1 aliphatic heterocycles. The van der Waals surface area contributed by atoms with Crippen molar-refractivity contribution in [2.24, 2.45) is 0 Å². The molecule has 8 nitrogen and oxygen atoms in total. The molecule has 1 aliphatic rings. The van der Waals surface area contributed by atoms with Crippen molar-refractivity contribution in [3.63, 3.8) is 0 Å². The molecule has 33 heavy (non-hydrogen) atoms. The Kier molecular flexibility index (Phi) is 6.02. The minimum atomic E-state index is -3.70. The highest BCUT2D eigenvalue weighted by atomic mass is 19.3. The Labute approximate surface area is 188 Å². The predicted octanol–water partition coefficient (Wildman–Crippen LogP) is 2.92. The zero-order chi connectivity index (χ0) is 23.9. The lowest BCUT2D eigenvalue weighted by molar-refractivity contribution is -0.0583. The van der Waals surface area contributed by atoms with Gasteiger partial charge in [0.05, 0.1) is 30.5 Å². The molecular formula is C22H24F3N5O3. The monoisotopic (exact) mass is 463 g/mol. The maximum Gasteiger partial charge on any atom is 0.298 e. The third-order valence-corrected chi connectivity index (χ3v) is 5.70. The van der Waals surface area contributed by atoms with Gasteiger partial charge in [-0.2, -0.15) is 13.9 Å². The average Bonchev–Trinajstić information content (AvgIpc) is 2.78. The van der Waals surface area contributed by atoms with E-state index in [0.29, 0.717) is 47.1 Å². The molecule has 1 saturated heterocycles. The number of rotatable bonds is 7. The number of nitrogens with zero attached hydrogens (tertiary/aromatic N) is 4. The first-order valence-corrected chi connectivity index (χ1v) is 10.4. The number of halogens is 3. The predicted molar refractivity (Wildman–Crippen MR) is 116 cm³/mol. The molecule has 3 heterocycles. The van der Waals surface area contributed by atoms with Gasteiger partial charge in [-0.05, 0) is 26.0 Å². The SMILES string of the molecule is COc1nc2c(C)nnc(N[C@H](C)c3cccc(C(F)(F)CO)c3F)c2cc1N1CC(O)C1. The normalized spacial score (nSPS) is 15.5. The molecule has 11 heteroatoms. The van der Waals surface area contributed by atoms with E-state index >= 15 is 0 Å². The molecule has 0 spiro atoms. The van der Waals surface area contributed by atoms with Gasteiger partial charge in [-0.1, -0.05) is 12.1 Å². The number of nitrogens with one attached hydrogen (secondary N) is 1. The number of aryl methyl sites for hydroxylation is 1. The van der Waals surface area contributed by atoms with E-state index in [0.717, 1.165) is 6.07 Å². The van der Waals surface area contributed by atoms with Crippen LogP contribution < -0.4 is 15.0 Å². The minimum Gasteiger partial charge on any atom is -0.480 e. The van der Waals surface area contributed by atoms with Gasteiger partial charge in [0.1, 0.15) is 23.6 Å². The molecule has 0 amide bonds. The van der Waals surface area contributed by atoms with Gasteiger partial charge >= 0.3 is 0 Å². The fraction of sp³-hybridized carbons (Fsp3) is 0.409. The molecule has 2 aromatic heterocycles. The summed E-state index contributed by atoms with van der Waals surface area (Å²) in [7, 11) is 1.50. The number of anilines is 2. The molecular weight excluding hydrogens is 439 g/mol. The van der Waals surface area contributed by atoms with E-state index in [2.05, 4.69) is 20.5 Å². The standard InChI is InChI=1S/C22H24F3N5O3/c1-11(14-5-4-6-16(18(14)23)22(24,25)10-31)26-20-15-7-17(30-8-13(32)9-30)21(33-3)27-19(15)12(2)28-29-20/h4-7,11,13,31-32H,8-10H2,1-3H3,(H,26,29)/t11-/m1/s1. The summed E-state index contributed by atoms with van der Waals surface area (Å²) in [6.07, 6.45) is -0.437. The summed E-state index contributed by atoms with van der Waals surface area (Å²) < 4.78 is 48.2. The molecule has 0 unspecified atom stereocenters. The van der Waals surface area contributed by atoms with E-state index < -0.39 is 36.1 Å². The molecule has 0 radical (unpaired) electrons. The third-order valence-electron chi connectivity index (χ3n) is 5.70.